The summed E-state index contributed by atoms with van der Waals surface area (Å²) in [4.78, 5) is 4.18. The third kappa shape index (κ3) is 4.72. The van der Waals surface area contributed by atoms with Gasteiger partial charge in [0.15, 0.2) is 0 Å². The van der Waals surface area contributed by atoms with Gasteiger partial charge in [-0.05, 0) is 12.1 Å². The third-order valence-corrected chi connectivity index (χ3v) is 2.08. The summed E-state index contributed by atoms with van der Waals surface area (Å²) in [5.41, 5.74) is 1.06. The predicted octanol–water partition coefficient (Wildman–Crippen LogP) is 3.96. The number of nitrogens with zero attached hydrogens (tertiary/aromatic N) is 1. The van der Waals surface area contributed by atoms with E-state index in [9.17, 15) is 0 Å². The molecule has 0 amide bonds. The summed E-state index contributed by atoms with van der Waals surface area (Å²) in [7, 11) is 0. The average Bonchev–Trinajstić information content (AvgIpc) is 2.30. The minimum Gasteiger partial charge on any atom is -0.344 e. The van der Waals surface area contributed by atoms with Crippen molar-refractivity contribution in [2.45, 2.75) is 0 Å². The van der Waals surface area contributed by atoms with E-state index in [1.165, 1.54) is 5.39 Å². The number of pyridine rings is 1. The molecule has 0 saturated heterocycles. The van der Waals surface area contributed by atoms with Gasteiger partial charge in [0.2, 0.25) is 0 Å². The Bertz CT molecular complexity index is 336. The molecule has 0 saturated carbocycles. The minimum absolute atomic E-state index is 0. The molecule has 0 aliphatic heterocycles. The smallest absolute Gasteiger partial charge is 0.0701 e. The van der Waals surface area contributed by atoms with Crippen LogP contribution in [0.3, 0.4) is 0 Å². The van der Waals surface area contributed by atoms with Gasteiger partial charge in [0.1, 0.15) is 0 Å². The van der Waals surface area contributed by atoms with Crippen molar-refractivity contribution in [1.29, 1.82) is 0 Å². The van der Waals surface area contributed by atoms with E-state index in [1.54, 1.807) is 6.08 Å². The third-order valence-electron chi connectivity index (χ3n) is 1.62. The van der Waals surface area contributed by atoms with E-state index in [2.05, 4.69) is 39.6 Å². The van der Waals surface area contributed by atoms with Gasteiger partial charge < -0.3 is 6.15 Å². The molecule has 0 radical (unpaired) electrons. The van der Waals surface area contributed by atoms with Gasteiger partial charge in [0.25, 0.3) is 0 Å². The molecule has 0 bridgehead atoms. The van der Waals surface area contributed by atoms with Crippen LogP contribution in [0.5, 0.6) is 0 Å². The lowest BCUT2D eigenvalue weighted by molar-refractivity contribution is 1.41. The van der Waals surface area contributed by atoms with Crippen LogP contribution in [0.25, 0.3) is 10.9 Å². The Hall–Kier alpha value is -1.19. The first-order chi connectivity index (χ1) is 6.88. The van der Waals surface area contributed by atoms with Gasteiger partial charge in [-0.25, -0.2) is 0 Å². The summed E-state index contributed by atoms with van der Waals surface area (Å²) in [6.45, 7) is 3.43. The molecule has 2 rings (SSSR count). The summed E-state index contributed by atoms with van der Waals surface area (Å²) >= 11 is 3.13. The van der Waals surface area contributed by atoms with E-state index in [1.807, 2.05) is 30.5 Å². The Balaban J connectivity index is 0.000000346. The van der Waals surface area contributed by atoms with Crippen LogP contribution in [0.1, 0.15) is 0 Å². The number of hydrogen-bond donors (Lipinski definition) is 1. The molecule has 0 atom stereocenters. The van der Waals surface area contributed by atoms with Gasteiger partial charge in [-0.15, -0.1) is 6.58 Å². The van der Waals surface area contributed by atoms with Gasteiger partial charge in [0.05, 0.1) is 5.52 Å². The van der Waals surface area contributed by atoms with Gasteiger partial charge in [-0.2, -0.15) is 0 Å². The van der Waals surface area contributed by atoms with Crippen LogP contribution < -0.4 is 6.15 Å². The fraction of sp³-hybridized carbons (Fsp3) is 0.0833. The molecule has 0 aliphatic rings. The first-order valence-corrected chi connectivity index (χ1v) is 5.47. The molecule has 1 aromatic carbocycles. The molecule has 0 spiro atoms. The minimum atomic E-state index is 0. The summed E-state index contributed by atoms with van der Waals surface area (Å²) < 4.78 is 0. The molecule has 3 N–H and O–H groups in total. The lowest BCUT2D eigenvalue weighted by Crippen LogP contribution is -1.73. The topological polar surface area (TPSA) is 47.9 Å². The van der Waals surface area contributed by atoms with E-state index in [0.29, 0.717) is 0 Å². The number of para-hydroxylation sites is 1. The van der Waals surface area contributed by atoms with Crippen LogP contribution in [-0.4, -0.2) is 10.3 Å². The number of fused-ring (bicyclic) bond motifs is 1. The van der Waals surface area contributed by atoms with E-state index in [-0.39, 0.29) is 6.15 Å². The van der Waals surface area contributed by atoms with Crippen molar-refractivity contribution in [2.24, 2.45) is 0 Å². The van der Waals surface area contributed by atoms with Crippen molar-refractivity contribution in [3.8, 4) is 0 Å². The van der Waals surface area contributed by atoms with Crippen molar-refractivity contribution in [3.05, 3.63) is 55.3 Å². The molecule has 0 fully saturated rings. The standard InChI is InChI=1S/C9H7N.C3H5Br.H3N/c1-2-6-9-8(4-1)5-3-7-10-9;1-2-3-4;/h1-7H;2H,1,3H2;1H3. The number of aromatic nitrogens is 1. The van der Waals surface area contributed by atoms with Gasteiger partial charge >= 0.3 is 0 Å². The summed E-state index contributed by atoms with van der Waals surface area (Å²) in [6.07, 6.45) is 3.60. The molecule has 2 aromatic rings. The molecule has 1 heterocycles. The van der Waals surface area contributed by atoms with Crippen LogP contribution in [0.15, 0.2) is 55.3 Å². The van der Waals surface area contributed by atoms with Crippen LogP contribution in [0.4, 0.5) is 0 Å². The highest BCUT2D eigenvalue weighted by Gasteiger charge is 1.86. The summed E-state index contributed by atoms with van der Waals surface area (Å²) in [5.74, 6) is 0. The Morgan fingerprint density at radius 3 is 2.40 bits per heavy atom. The normalized spacial score (nSPS) is 8.33. The second-order valence-electron chi connectivity index (χ2n) is 2.64. The Morgan fingerprint density at radius 2 is 1.80 bits per heavy atom. The fourth-order valence-corrected chi connectivity index (χ4v) is 1.02. The number of benzene rings is 1. The quantitative estimate of drug-likeness (QED) is 0.627. The number of allylic oxidation sites excluding steroid dienone is 1. The maximum atomic E-state index is 4.18. The zero-order valence-corrected chi connectivity index (χ0v) is 10.2. The average molecular weight is 267 g/mol. The van der Waals surface area contributed by atoms with Crippen LogP contribution in [0.2, 0.25) is 0 Å². The van der Waals surface area contributed by atoms with E-state index in [0.717, 1.165) is 10.8 Å². The molecular formula is C12H15BrN2. The maximum Gasteiger partial charge on any atom is 0.0701 e. The highest BCUT2D eigenvalue weighted by molar-refractivity contribution is 9.09. The van der Waals surface area contributed by atoms with Crippen molar-refractivity contribution < 1.29 is 0 Å². The molecular weight excluding hydrogens is 252 g/mol. The Labute approximate surface area is 98.7 Å². The predicted molar refractivity (Wildman–Crippen MR) is 70.8 cm³/mol. The second kappa shape index (κ2) is 8.15. The molecule has 80 valence electrons. The van der Waals surface area contributed by atoms with Gasteiger partial charge in [-0.3, -0.25) is 4.98 Å². The van der Waals surface area contributed by atoms with E-state index >= 15 is 0 Å². The van der Waals surface area contributed by atoms with Crippen LogP contribution in [0, 0.1) is 0 Å². The van der Waals surface area contributed by atoms with Crippen molar-refractivity contribution in [3.63, 3.8) is 0 Å². The molecule has 0 aliphatic carbocycles. The molecule has 1 aromatic heterocycles. The molecule has 0 unspecified atom stereocenters. The Morgan fingerprint density at radius 1 is 1.20 bits per heavy atom. The van der Waals surface area contributed by atoms with Crippen molar-refractivity contribution in [2.75, 3.05) is 5.33 Å². The van der Waals surface area contributed by atoms with Crippen molar-refractivity contribution >= 4 is 26.8 Å². The van der Waals surface area contributed by atoms with Gasteiger partial charge in [0, 0.05) is 16.9 Å². The monoisotopic (exact) mass is 266 g/mol. The Kier molecular flexibility index (Phi) is 7.50. The SMILES string of the molecule is C=CCBr.N.c1ccc2ncccc2c1. The number of alkyl halides is 1. The summed E-state index contributed by atoms with van der Waals surface area (Å²) in [5, 5.41) is 2.09. The van der Waals surface area contributed by atoms with E-state index < -0.39 is 0 Å². The molecule has 3 heteroatoms. The molecule has 2 nitrogen and oxygen atoms in total. The van der Waals surface area contributed by atoms with E-state index in [4.69, 9.17) is 0 Å². The fourth-order valence-electron chi connectivity index (χ4n) is 1.02. The lowest BCUT2D eigenvalue weighted by Gasteiger charge is -1.91. The van der Waals surface area contributed by atoms with Crippen LogP contribution >= 0.6 is 15.9 Å². The number of rotatable bonds is 1. The first kappa shape index (κ1) is 13.8. The molecule has 15 heavy (non-hydrogen) atoms. The number of hydrogen-bond acceptors (Lipinski definition) is 2. The van der Waals surface area contributed by atoms with Crippen molar-refractivity contribution in [1.82, 2.24) is 11.1 Å². The first-order valence-electron chi connectivity index (χ1n) is 4.35. The highest BCUT2D eigenvalue weighted by atomic mass is 79.9. The van der Waals surface area contributed by atoms with Crippen LogP contribution in [-0.2, 0) is 0 Å². The lowest BCUT2D eigenvalue weighted by atomic mass is 10.2. The highest BCUT2D eigenvalue weighted by Crippen LogP contribution is 2.07. The zero-order valence-electron chi connectivity index (χ0n) is 8.57. The second-order valence-corrected chi connectivity index (χ2v) is 3.29. The summed E-state index contributed by atoms with van der Waals surface area (Å²) in [6, 6.07) is 12.1. The number of halogens is 1. The zero-order chi connectivity index (χ0) is 10.2. The largest absolute Gasteiger partial charge is 0.344 e. The maximum absolute atomic E-state index is 4.18. The van der Waals surface area contributed by atoms with Gasteiger partial charge in [-0.1, -0.05) is 46.3 Å².